The van der Waals surface area contributed by atoms with Crippen molar-refractivity contribution in [3.8, 4) is 0 Å². The molecule has 126 valence electrons. The van der Waals surface area contributed by atoms with Gasteiger partial charge in [-0.3, -0.25) is 9.69 Å². The van der Waals surface area contributed by atoms with Crippen molar-refractivity contribution in [3.05, 3.63) is 64.9 Å². The Kier molecular flexibility index (Phi) is 5.83. The van der Waals surface area contributed by atoms with Crippen LogP contribution in [-0.4, -0.2) is 35.4 Å². The summed E-state index contributed by atoms with van der Waals surface area (Å²) in [6.07, 6.45) is 3.79. The second kappa shape index (κ2) is 8.27. The zero-order valence-corrected chi connectivity index (χ0v) is 14.4. The minimum atomic E-state index is -0.0778. The number of nitrogens with one attached hydrogen (secondary N) is 1. The average molecular weight is 344 g/mol. The minimum absolute atomic E-state index is 0.0778. The number of halogens is 1. The predicted molar refractivity (Wildman–Crippen MR) is 96.0 cm³/mol. The summed E-state index contributed by atoms with van der Waals surface area (Å²) in [7, 11) is 0. The maximum Gasteiger partial charge on any atom is 0.251 e. The summed E-state index contributed by atoms with van der Waals surface area (Å²) in [4.78, 5) is 18.5. The number of carbonyl (C=O) groups is 1. The number of aromatic nitrogens is 1. The normalized spacial score (nSPS) is 16.0. The van der Waals surface area contributed by atoms with Crippen molar-refractivity contribution in [1.82, 2.24) is 15.2 Å². The summed E-state index contributed by atoms with van der Waals surface area (Å²) in [5.74, 6) is 0.462. The van der Waals surface area contributed by atoms with E-state index in [9.17, 15) is 4.79 Å². The summed E-state index contributed by atoms with van der Waals surface area (Å²) < 4.78 is 0. The molecule has 0 atom stereocenters. The fourth-order valence-corrected chi connectivity index (χ4v) is 3.25. The monoisotopic (exact) mass is 343 g/mol. The van der Waals surface area contributed by atoms with Gasteiger partial charge in [-0.15, -0.1) is 0 Å². The first-order valence-electron chi connectivity index (χ1n) is 8.37. The molecule has 0 spiro atoms. The van der Waals surface area contributed by atoms with Crippen LogP contribution in [0.1, 0.15) is 28.8 Å². The highest BCUT2D eigenvalue weighted by atomic mass is 35.5. The molecule has 1 aliphatic heterocycles. The zero-order chi connectivity index (χ0) is 16.8. The SMILES string of the molecule is O=C(NCC1CCN(Cc2ccccc2)CC1)c1ccnc(Cl)c1. The van der Waals surface area contributed by atoms with Crippen LogP contribution in [0.3, 0.4) is 0 Å². The smallest absolute Gasteiger partial charge is 0.251 e. The Balaban J connectivity index is 1.42. The van der Waals surface area contributed by atoms with Crippen LogP contribution in [0, 0.1) is 5.92 Å². The molecule has 0 saturated carbocycles. The van der Waals surface area contributed by atoms with E-state index in [2.05, 4.69) is 39.5 Å². The molecule has 1 aromatic heterocycles. The quantitative estimate of drug-likeness (QED) is 0.846. The van der Waals surface area contributed by atoms with E-state index in [1.54, 1.807) is 18.3 Å². The Morgan fingerprint density at radius 1 is 1.21 bits per heavy atom. The molecule has 4 nitrogen and oxygen atoms in total. The first-order chi connectivity index (χ1) is 11.7. The van der Waals surface area contributed by atoms with Crippen molar-refractivity contribution in [2.24, 2.45) is 5.92 Å². The van der Waals surface area contributed by atoms with Gasteiger partial charge in [0.1, 0.15) is 5.15 Å². The van der Waals surface area contributed by atoms with E-state index in [0.29, 0.717) is 16.6 Å². The topological polar surface area (TPSA) is 45.2 Å². The van der Waals surface area contributed by atoms with Crippen LogP contribution >= 0.6 is 11.6 Å². The number of carbonyl (C=O) groups excluding carboxylic acids is 1. The second-order valence-corrected chi connectivity index (χ2v) is 6.67. The van der Waals surface area contributed by atoms with Crippen LogP contribution in [0.5, 0.6) is 0 Å². The number of hydrogen-bond donors (Lipinski definition) is 1. The van der Waals surface area contributed by atoms with Crippen molar-refractivity contribution in [1.29, 1.82) is 0 Å². The van der Waals surface area contributed by atoms with E-state index < -0.39 is 0 Å². The lowest BCUT2D eigenvalue weighted by Gasteiger charge is -2.32. The molecule has 5 heteroatoms. The first-order valence-corrected chi connectivity index (χ1v) is 8.74. The van der Waals surface area contributed by atoms with Gasteiger partial charge in [0.25, 0.3) is 5.91 Å². The average Bonchev–Trinajstić information content (AvgIpc) is 2.62. The number of rotatable bonds is 5. The van der Waals surface area contributed by atoms with Crippen molar-refractivity contribution in [2.75, 3.05) is 19.6 Å². The summed E-state index contributed by atoms with van der Waals surface area (Å²) in [6.45, 7) is 3.89. The van der Waals surface area contributed by atoms with Gasteiger partial charge in [0.05, 0.1) is 0 Å². The lowest BCUT2D eigenvalue weighted by Crippen LogP contribution is -2.38. The van der Waals surface area contributed by atoms with Crippen LogP contribution in [0.15, 0.2) is 48.7 Å². The number of likely N-dealkylation sites (tertiary alicyclic amines) is 1. The van der Waals surface area contributed by atoms with Gasteiger partial charge in [0.2, 0.25) is 0 Å². The molecular formula is C19H22ClN3O. The summed E-state index contributed by atoms with van der Waals surface area (Å²) in [6, 6.07) is 13.8. The van der Waals surface area contributed by atoms with E-state index in [1.807, 2.05) is 6.07 Å². The van der Waals surface area contributed by atoms with Crippen molar-refractivity contribution < 1.29 is 4.79 Å². The third-order valence-electron chi connectivity index (χ3n) is 4.50. The molecule has 0 bridgehead atoms. The number of benzene rings is 1. The lowest BCUT2D eigenvalue weighted by atomic mass is 9.96. The van der Waals surface area contributed by atoms with E-state index in [4.69, 9.17) is 11.6 Å². The van der Waals surface area contributed by atoms with Crippen LogP contribution in [0.2, 0.25) is 5.15 Å². The van der Waals surface area contributed by atoms with E-state index in [-0.39, 0.29) is 5.91 Å². The predicted octanol–water partition coefficient (Wildman–Crippen LogP) is 3.38. The molecule has 3 rings (SSSR count). The first kappa shape index (κ1) is 16.9. The Labute approximate surface area is 147 Å². The zero-order valence-electron chi connectivity index (χ0n) is 13.6. The highest BCUT2D eigenvalue weighted by Gasteiger charge is 2.20. The molecule has 0 aliphatic carbocycles. The highest BCUT2D eigenvalue weighted by molar-refractivity contribution is 6.29. The van der Waals surface area contributed by atoms with Gasteiger partial charge in [0.15, 0.2) is 0 Å². The van der Waals surface area contributed by atoms with Crippen LogP contribution < -0.4 is 5.32 Å². The number of amides is 1. The van der Waals surface area contributed by atoms with Gasteiger partial charge in [-0.05, 0) is 49.5 Å². The van der Waals surface area contributed by atoms with Crippen molar-refractivity contribution in [2.45, 2.75) is 19.4 Å². The van der Waals surface area contributed by atoms with Gasteiger partial charge >= 0.3 is 0 Å². The number of nitrogens with zero attached hydrogens (tertiary/aromatic N) is 2. The highest BCUT2D eigenvalue weighted by Crippen LogP contribution is 2.18. The molecule has 1 N–H and O–H groups in total. The third kappa shape index (κ3) is 4.79. The molecule has 24 heavy (non-hydrogen) atoms. The van der Waals surface area contributed by atoms with Gasteiger partial charge in [-0.2, -0.15) is 0 Å². The van der Waals surface area contributed by atoms with E-state index >= 15 is 0 Å². The molecular weight excluding hydrogens is 322 g/mol. The standard InChI is InChI=1S/C19H22ClN3O/c20-18-12-17(6-9-21-18)19(24)22-13-15-7-10-23(11-8-15)14-16-4-2-1-3-5-16/h1-6,9,12,15H,7-8,10-11,13-14H2,(H,22,24). The molecule has 1 amide bonds. The van der Waals surface area contributed by atoms with Gasteiger partial charge < -0.3 is 5.32 Å². The fraction of sp³-hybridized carbons (Fsp3) is 0.368. The van der Waals surface area contributed by atoms with E-state index in [1.165, 1.54) is 5.56 Å². The van der Waals surface area contributed by atoms with Crippen LogP contribution in [0.25, 0.3) is 0 Å². The number of hydrogen-bond acceptors (Lipinski definition) is 3. The molecule has 1 aliphatic rings. The maximum absolute atomic E-state index is 12.1. The number of pyridine rings is 1. The Hall–Kier alpha value is -1.91. The molecule has 0 radical (unpaired) electrons. The summed E-state index contributed by atoms with van der Waals surface area (Å²) in [5.41, 5.74) is 1.93. The largest absolute Gasteiger partial charge is 0.352 e. The van der Waals surface area contributed by atoms with E-state index in [0.717, 1.165) is 39.0 Å². The van der Waals surface area contributed by atoms with Gasteiger partial charge in [-0.1, -0.05) is 41.9 Å². The maximum atomic E-state index is 12.1. The number of piperidine rings is 1. The minimum Gasteiger partial charge on any atom is -0.352 e. The molecule has 1 saturated heterocycles. The Morgan fingerprint density at radius 3 is 2.67 bits per heavy atom. The molecule has 2 aromatic rings. The molecule has 1 aromatic carbocycles. The molecule has 2 heterocycles. The van der Waals surface area contributed by atoms with Gasteiger partial charge in [-0.25, -0.2) is 4.98 Å². The summed E-state index contributed by atoms with van der Waals surface area (Å²) in [5, 5.41) is 3.36. The van der Waals surface area contributed by atoms with Crippen molar-refractivity contribution in [3.63, 3.8) is 0 Å². The molecule has 1 fully saturated rings. The second-order valence-electron chi connectivity index (χ2n) is 6.28. The third-order valence-corrected chi connectivity index (χ3v) is 4.70. The van der Waals surface area contributed by atoms with Gasteiger partial charge in [0, 0.05) is 24.8 Å². The Morgan fingerprint density at radius 2 is 1.96 bits per heavy atom. The molecule has 0 unspecified atom stereocenters. The Bertz CT molecular complexity index is 669. The lowest BCUT2D eigenvalue weighted by molar-refractivity contribution is 0.0935. The van der Waals surface area contributed by atoms with Crippen LogP contribution in [-0.2, 0) is 6.54 Å². The van der Waals surface area contributed by atoms with Crippen molar-refractivity contribution >= 4 is 17.5 Å². The van der Waals surface area contributed by atoms with Crippen LogP contribution in [0.4, 0.5) is 0 Å². The summed E-state index contributed by atoms with van der Waals surface area (Å²) >= 11 is 5.82. The fourth-order valence-electron chi connectivity index (χ4n) is 3.07.